The zero-order valence-corrected chi connectivity index (χ0v) is 12.4. The number of aromatic nitrogens is 1. The van der Waals surface area contributed by atoms with Crippen LogP contribution in [0.2, 0.25) is 5.02 Å². The van der Waals surface area contributed by atoms with Crippen molar-refractivity contribution in [1.29, 1.82) is 0 Å². The first kappa shape index (κ1) is 16.2. The third-order valence-corrected chi connectivity index (χ3v) is 3.19. The monoisotopic (exact) mass is 321 g/mol. The Hall–Kier alpha value is -2.15. The van der Waals surface area contributed by atoms with Crippen molar-refractivity contribution >= 4 is 17.4 Å². The maximum absolute atomic E-state index is 9.52. The molecule has 0 radical (unpaired) electrons. The first-order valence-electron chi connectivity index (χ1n) is 6.56. The number of oxime groups is 1. The van der Waals surface area contributed by atoms with Crippen LogP contribution in [-0.2, 0) is 11.4 Å². The minimum Gasteiger partial charge on any atom is -0.393 e. The van der Waals surface area contributed by atoms with Crippen molar-refractivity contribution < 1.29 is 15.1 Å². The molecule has 7 heteroatoms. The van der Waals surface area contributed by atoms with E-state index in [1.807, 2.05) is 30.3 Å². The van der Waals surface area contributed by atoms with Gasteiger partial charge in [0.15, 0.2) is 5.84 Å². The molecule has 0 fully saturated rings. The highest BCUT2D eigenvalue weighted by Gasteiger charge is 2.13. The number of pyridine rings is 1. The molecule has 0 aliphatic heterocycles. The SMILES string of the molecule is N/C(=N\OCc1ccccc1)c1cnc(C(O)CO)c(Cl)c1. The van der Waals surface area contributed by atoms with E-state index in [2.05, 4.69) is 10.1 Å². The first-order valence-corrected chi connectivity index (χ1v) is 6.93. The van der Waals surface area contributed by atoms with E-state index in [1.54, 1.807) is 0 Å². The molecule has 1 aromatic carbocycles. The maximum atomic E-state index is 9.52. The van der Waals surface area contributed by atoms with Gasteiger partial charge in [0.25, 0.3) is 0 Å². The number of aliphatic hydroxyl groups is 2. The Bertz CT molecular complexity index is 650. The molecule has 2 rings (SSSR count). The van der Waals surface area contributed by atoms with E-state index in [9.17, 15) is 5.11 Å². The molecule has 1 aromatic heterocycles. The number of benzene rings is 1. The van der Waals surface area contributed by atoms with Crippen LogP contribution in [0.4, 0.5) is 0 Å². The molecule has 22 heavy (non-hydrogen) atoms. The van der Waals surface area contributed by atoms with Crippen molar-refractivity contribution in [3.05, 3.63) is 64.4 Å². The highest BCUT2D eigenvalue weighted by Crippen LogP contribution is 2.21. The topological polar surface area (TPSA) is 101 Å². The second kappa shape index (κ2) is 7.74. The van der Waals surface area contributed by atoms with E-state index < -0.39 is 12.7 Å². The minimum absolute atomic E-state index is 0.121. The Kier molecular flexibility index (Phi) is 5.71. The summed E-state index contributed by atoms with van der Waals surface area (Å²) in [7, 11) is 0. The lowest BCUT2D eigenvalue weighted by atomic mass is 10.2. The van der Waals surface area contributed by atoms with Crippen LogP contribution in [0.1, 0.15) is 22.9 Å². The Morgan fingerprint density at radius 3 is 2.73 bits per heavy atom. The summed E-state index contributed by atoms with van der Waals surface area (Å²) >= 11 is 5.99. The van der Waals surface area contributed by atoms with Gasteiger partial charge in [-0.1, -0.05) is 47.1 Å². The minimum atomic E-state index is -1.13. The highest BCUT2D eigenvalue weighted by atomic mass is 35.5. The van der Waals surface area contributed by atoms with Crippen molar-refractivity contribution in [3.8, 4) is 0 Å². The van der Waals surface area contributed by atoms with Crippen molar-refractivity contribution in [2.45, 2.75) is 12.7 Å². The summed E-state index contributed by atoms with van der Waals surface area (Å²) in [6.45, 7) is -0.167. The summed E-state index contributed by atoms with van der Waals surface area (Å²) in [6.07, 6.45) is 0.277. The zero-order chi connectivity index (χ0) is 15.9. The molecule has 0 saturated carbocycles. The second-order valence-electron chi connectivity index (χ2n) is 4.52. The van der Waals surface area contributed by atoms with Crippen LogP contribution in [0, 0.1) is 0 Å². The van der Waals surface area contributed by atoms with E-state index in [1.165, 1.54) is 12.3 Å². The molecule has 0 spiro atoms. The zero-order valence-electron chi connectivity index (χ0n) is 11.7. The Morgan fingerprint density at radius 1 is 1.36 bits per heavy atom. The molecule has 116 valence electrons. The fourth-order valence-corrected chi connectivity index (χ4v) is 2.02. The van der Waals surface area contributed by atoms with Crippen LogP contribution in [0.25, 0.3) is 0 Å². The lowest BCUT2D eigenvalue weighted by molar-refractivity contribution is 0.0923. The molecule has 6 nitrogen and oxygen atoms in total. The van der Waals surface area contributed by atoms with Crippen molar-refractivity contribution in [3.63, 3.8) is 0 Å². The van der Waals surface area contributed by atoms with Crippen LogP contribution >= 0.6 is 11.6 Å². The van der Waals surface area contributed by atoms with E-state index in [0.717, 1.165) is 5.56 Å². The van der Waals surface area contributed by atoms with Gasteiger partial charge in [-0.3, -0.25) is 4.98 Å². The molecule has 0 amide bonds. The fraction of sp³-hybridized carbons (Fsp3) is 0.200. The van der Waals surface area contributed by atoms with Gasteiger partial charge in [0.2, 0.25) is 0 Å². The average Bonchev–Trinajstić information content (AvgIpc) is 2.55. The molecule has 4 N–H and O–H groups in total. The summed E-state index contributed by atoms with van der Waals surface area (Å²) in [5.41, 5.74) is 7.42. The van der Waals surface area contributed by atoms with Gasteiger partial charge in [-0.15, -0.1) is 0 Å². The van der Waals surface area contributed by atoms with Gasteiger partial charge in [0.1, 0.15) is 12.7 Å². The summed E-state index contributed by atoms with van der Waals surface area (Å²) < 4.78 is 0. The third-order valence-electron chi connectivity index (χ3n) is 2.89. The van der Waals surface area contributed by atoms with Gasteiger partial charge >= 0.3 is 0 Å². The van der Waals surface area contributed by atoms with E-state index >= 15 is 0 Å². The van der Waals surface area contributed by atoms with Crippen LogP contribution in [0.3, 0.4) is 0 Å². The van der Waals surface area contributed by atoms with Crippen LogP contribution in [-0.4, -0.2) is 27.6 Å². The van der Waals surface area contributed by atoms with Gasteiger partial charge in [-0.25, -0.2) is 0 Å². The normalized spacial score (nSPS) is 13.0. The van der Waals surface area contributed by atoms with E-state index in [0.29, 0.717) is 12.2 Å². The van der Waals surface area contributed by atoms with Crippen LogP contribution in [0.5, 0.6) is 0 Å². The van der Waals surface area contributed by atoms with Crippen molar-refractivity contribution in [2.24, 2.45) is 10.9 Å². The highest BCUT2D eigenvalue weighted by molar-refractivity contribution is 6.31. The lowest BCUT2D eigenvalue weighted by Gasteiger charge is -2.09. The molecular formula is C15H16ClN3O3. The maximum Gasteiger partial charge on any atom is 0.171 e. The molecule has 1 heterocycles. The summed E-state index contributed by atoms with van der Waals surface area (Å²) in [5, 5.41) is 22.4. The second-order valence-corrected chi connectivity index (χ2v) is 4.93. The standard InChI is InChI=1S/C15H16ClN3O3/c16-12-6-11(7-18-14(12)13(21)8-20)15(17)19-22-9-10-4-2-1-3-5-10/h1-7,13,20-21H,8-9H2,(H2,17,19). The van der Waals surface area contributed by atoms with Gasteiger partial charge in [-0.2, -0.15) is 0 Å². The number of nitrogens with two attached hydrogens (primary N) is 1. The molecule has 0 saturated heterocycles. The number of nitrogens with zero attached hydrogens (tertiary/aromatic N) is 2. The van der Waals surface area contributed by atoms with Crippen LogP contribution in [0.15, 0.2) is 47.8 Å². The number of halogens is 1. The largest absolute Gasteiger partial charge is 0.393 e. The molecule has 2 aromatic rings. The molecular weight excluding hydrogens is 306 g/mol. The number of hydrogen-bond donors (Lipinski definition) is 3. The predicted molar refractivity (Wildman–Crippen MR) is 83.2 cm³/mol. The predicted octanol–water partition coefficient (Wildman–Crippen LogP) is 1.60. The summed E-state index contributed by atoms with van der Waals surface area (Å²) in [4.78, 5) is 9.16. The van der Waals surface area contributed by atoms with Gasteiger partial charge in [0.05, 0.1) is 17.3 Å². The number of rotatable bonds is 6. The van der Waals surface area contributed by atoms with E-state index in [4.69, 9.17) is 27.3 Å². The molecule has 1 unspecified atom stereocenters. The number of aliphatic hydroxyl groups excluding tert-OH is 2. The van der Waals surface area contributed by atoms with Gasteiger partial charge < -0.3 is 20.8 Å². The van der Waals surface area contributed by atoms with Crippen molar-refractivity contribution in [1.82, 2.24) is 4.98 Å². The van der Waals surface area contributed by atoms with E-state index in [-0.39, 0.29) is 16.6 Å². The van der Waals surface area contributed by atoms with Gasteiger partial charge in [-0.05, 0) is 11.6 Å². The lowest BCUT2D eigenvalue weighted by Crippen LogP contribution is -2.15. The fourth-order valence-electron chi connectivity index (χ4n) is 1.72. The van der Waals surface area contributed by atoms with Crippen molar-refractivity contribution in [2.75, 3.05) is 6.61 Å². The molecule has 0 aliphatic rings. The smallest absolute Gasteiger partial charge is 0.171 e. The summed E-state index contributed by atoms with van der Waals surface area (Å²) in [6, 6.07) is 11.1. The molecule has 0 bridgehead atoms. The number of amidine groups is 1. The Labute approximate surface area is 132 Å². The third kappa shape index (κ3) is 4.17. The molecule has 0 aliphatic carbocycles. The summed E-state index contributed by atoms with van der Waals surface area (Å²) in [5.74, 6) is 0.121. The Morgan fingerprint density at radius 2 is 2.09 bits per heavy atom. The van der Waals surface area contributed by atoms with Gasteiger partial charge in [0, 0.05) is 11.8 Å². The number of hydrogen-bond acceptors (Lipinski definition) is 5. The quantitative estimate of drug-likeness (QED) is 0.426. The van der Waals surface area contributed by atoms with Crippen LogP contribution < -0.4 is 5.73 Å². The average molecular weight is 322 g/mol. The molecule has 1 atom stereocenters. The first-order chi connectivity index (χ1) is 10.6. The Balaban J connectivity index is 2.04.